The zero-order valence-corrected chi connectivity index (χ0v) is 25.3. The Bertz CT molecular complexity index is 2300. The van der Waals surface area contributed by atoms with E-state index in [0.717, 1.165) is 22.3 Å². The smallest absolute Gasteiger partial charge is 0.141 e. The van der Waals surface area contributed by atoms with E-state index >= 15 is 0 Å². The van der Waals surface area contributed by atoms with Gasteiger partial charge in [0, 0.05) is 5.69 Å². The van der Waals surface area contributed by atoms with Gasteiger partial charge < -0.3 is 5.11 Å². The Morgan fingerprint density at radius 1 is 0.489 bits per heavy atom. The van der Waals surface area contributed by atoms with Gasteiger partial charge in [-0.05, 0) is 79.2 Å². The van der Waals surface area contributed by atoms with Crippen LogP contribution in [0, 0.1) is 0 Å². The quantitative estimate of drug-likeness (QED) is 0.169. The number of benzene rings is 7. The van der Waals surface area contributed by atoms with E-state index in [1.54, 1.807) is 15.7 Å². The number of aromatic nitrogens is 2. The third kappa shape index (κ3) is 4.56. The maximum atomic E-state index is 11.0. The fourth-order valence-electron chi connectivity index (χ4n) is 6.78. The molecule has 8 aromatic rings. The van der Waals surface area contributed by atoms with Gasteiger partial charge in [-0.3, -0.25) is 4.57 Å². The average Bonchev–Trinajstić information content (AvgIpc) is 3.48. The zero-order chi connectivity index (χ0) is 30.5. The van der Waals surface area contributed by atoms with Crippen LogP contribution >= 0.6 is 0 Å². The van der Waals surface area contributed by atoms with E-state index in [1.165, 1.54) is 49.4 Å². The molecule has 0 unspecified atom stereocenters. The molecule has 0 aliphatic heterocycles. The van der Waals surface area contributed by atoms with Crippen LogP contribution in [-0.4, -0.2) is 30.4 Å². The molecule has 7 aromatic carbocycles. The summed E-state index contributed by atoms with van der Waals surface area (Å²) in [5.74, 6) is 0.619. The Morgan fingerprint density at radius 3 is 1.62 bits per heavy atom. The summed E-state index contributed by atoms with van der Waals surface area (Å²) in [5.41, 5.74) is 10.1. The monoisotopic (exact) mass is 576 g/mol. The summed E-state index contributed by atoms with van der Waals surface area (Å²) in [4.78, 5) is 4.80. The van der Waals surface area contributed by atoms with Gasteiger partial charge in [-0.15, -0.1) is 0 Å². The van der Waals surface area contributed by atoms with E-state index in [2.05, 4.69) is 138 Å². The lowest BCUT2D eigenvalue weighted by atomic mass is 9.65. The summed E-state index contributed by atoms with van der Waals surface area (Å²) in [5, 5.41) is 14.8. The van der Waals surface area contributed by atoms with Gasteiger partial charge in [-0.1, -0.05) is 127 Å². The van der Waals surface area contributed by atoms with Crippen molar-refractivity contribution in [2.24, 2.45) is 0 Å². The van der Waals surface area contributed by atoms with Crippen molar-refractivity contribution in [1.29, 1.82) is 0 Å². The molecular formula is C40H30B2N2O. The van der Waals surface area contributed by atoms with Crippen LogP contribution in [0.4, 0.5) is 0 Å². The lowest BCUT2D eigenvalue weighted by molar-refractivity contribution is 0.205. The minimum Gasteiger partial charge on any atom is -0.400 e. The summed E-state index contributed by atoms with van der Waals surface area (Å²) in [7, 11) is 3.57. The normalized spacial score (nSPS) is 11.8. The van der Waals surface area contributed by atoms with Crippen molar-refractivity contribution >= 4 is 48.3 Å². The molecular weight excluding hydrogens is 546 g/mol. The van der Waals surface area contributed by atoms with E-state index in [1.807, 2.05) is 18.2 Å². The van der Waals surface area contributed by atoms with Gasteiger partial charge in [0.05, 0.1) is 16.4 Å². The molecule has 0 spiro atoms. The fourth-order valence-corrected chi connectivity index (χ4v) is 6.78. The van der Waals surface area contributed by atoms with Crippen molar-refractivity contribution in [3.05, 3.63) is 157 Å². The molecule has 212 valence electrons. The fraction of sp³-hybridized carbons (Fsp3) is 0.0250. The first-order valence-electron chi connectivity index (χ1n) is 15.4. The number of para-hydroxylation sites is 2. The van der Waals surface area contributed by atoms with Crippen LogP contribution in [-0.2, 0) is 5.40 Å². The van der Waals surface area contributed by atoms with E-state index in [9.17, 15) is 5.11 Å². The summed E-state index contributed by atoms with van der Waals surface area (Å²) < 4.78 is 2.07. The number of hydrogen-bond donors (Lipinski definition) is 1. The van der Waals surface area contributed by atoms with Crippen LogP contribution in [0.3, 0.4) is 0 Å². The van der Waals surface area contributed by atoms with Crippen LogP contribution < -0.4 is 0 Å². The second kappa shape index (κ2) is 10.7. The summed E-state index contributed by atoms with van der Waals surface area (Å²) >= 11 is 0. The van der Waals surface area contributed by atoms with E-state index in [4.69, 9.17) is 4.98 Å². The molecule has 1 heterocycles. The highest BCUT2D eigenvalue weighted by atomic mass is 16.3. The van der Waals surface area contributed by atoms with Gasteiger partial charge in [-0.2, -0.15) is 0 Å². The number of rotatable bonds is 5. The second-order valence-corrected chi connectivity index (χ2v) is 12.1. The molecule has 45 heavy (non-hydrogen) atoms. The maximum Gasteiger partial charge on any atom is 0.141 e. The number of fused-ring (bicyclic) bond motifs is 3. The Morgan fingerprint density at radius 2 is 1.00 bits per heavy atom. The van der Waals surface area contributed by atoms with Crippen molar-refractivity contribution in [3.8, 4) is 39.1 Å². The van der Waals surface area contributed by atoms with Crippen LogP contribution in [0.25, 0.3) is 71.6 Å². The van der Waals surface area contributed by atoms with Crippen molar-refractivity contribution in [1.82, 2.24) is 9.55 Å². The Hall–Kier alpha value is -5.38. The minimum absolute atomic E-state index is 0.619. The molecule has 1 aromatic heterocycles. The molecule has 5 heteroatoms. The van der Waals surface area contributed by atoms with Gasteiger partial charge in [0.1, 0.15) is 21.5 Å². The van der Waals surface area contributed by atoms with E-state index in [0.29, 0.717) is 5.82 Å². The first-order valence-corrected chi connectivity index (χ1v) is 15.4. The van der Waals surface area contributed by atoms with Crippen LogP contribution in [0.15, 0.2) is 152 Å². The molecule has 0 aliphatic rings. The van der Waals surface area contributed by atoms with Gasteiger partial charge in [0.15, 0.2) is 0 Å². The third-order valence-electron chi connectivity index (χ3n) is 8.73. The maximum absolute atomic E-state index is 11.0. The number of aliphatic hydroxyl groups is 1. The average molecular weight is 576 g/mol. The van der Waals surface area contributed by atoms with Crippen LogP contribution in [0.1, 0.15) is 5.82 Å². The number of nitrogens with zero attached hydrogens (tertiary/aromatic N) is 2. The SMILES string of the molecule is BC(B)(O)c1nc2ccccc2n1-c1ccc(-c2c3ccccc3c(-c3ccccc3-c3ccccc3)c3ccccc23)cc1. The number of hydrogen-bond acceptors (Lipinski definition) is 2. The van der Waals surface area contributed by atoms with E-state index < -0.39 is 5.40 Å². The van der Waals surface area contributed by atoms with E-state index in [-0.39, 0.29) is 0 Å². The lowest BCUT2D eigenvalue weighted by Gasteiger charge is -2.21. The minimum atomic E-state index is -1.10. The molecule has 0 amide bonds. The van der Waals surface area contributed by atoms with Gasteiger partial charge in [-0.25, -0.2) is 4.98 Å². The molecule has 0 bridgehead atoms. The molecule has 0 radical (unpaired) electrons. The predicted molar refractivity (Wildman–Crippen MR) is 193 cm³/mol. The van der Waals surface area contributed by atoms with Crippen molar-refractivity contribution in [2.75, 3.05) is 0 Å². The number of imidazole rings is 1. The van der Waals surface area contributed by atoms with Gasteiger partial charge in [0.2, 0.25) is 0 Å². The Kier molecular flexibility index (Phi) is 6.44. The molecule has 0 fully saturated rings. The lowest BCUT2D eigenvalue weighted by Crippen LogP contribution is -2.30. The topological polar surface area (TPSA) is 38.1 Å². The first-order chi connectivity index (χ1) is 22.0. The molecule has 0 saturated heterocycles. The van der Waals surface area contributed by atoms with Gasteiger partial charge >= 0.3 is 0 Å². The van der Waals surface area contributed by atoms with Gasteiger partial charge in [0.25, 0.3) is 0 Å². The molecule has 0 atom stereocenters. The van der Waals surface area contributed by atoms with Crippen LogP contribution in [0.5, 0.6) is 0 Å². The highest BCUT2D eigenvalue weighted by Crippen LogP contribution is 2.46. The zero-order valence-electron chi connectivity index (χ0n) is 25.3. The summed E-state index contributed by atoms with van der Waals surface area (Å²) in [6.45, 7) is 0. The predicted octanol–water partition coefficient (Wildman–Crippen LogP) is 7.70. The highest BCUT2D eigenvalue weighted by molar-refractivity contribution is 6.38. The molecule has 8 rings (SSSR count). The molecule has 0 aliphatic carbocycles. The Labute approximate surface area is 264 Å². The summed E-state index contributed by atoms with van der Waals surface area (Å²) in [6.07, 6.45) is 0. The standard InChI is InChI=1S/C40H30B2N2O/c41-40(42,45)39-43-35-20-10-11-21-36(35)44(39)28-24-22-27(23-25-28)37-31-16-6-8-18-33(31)38(34-19-9-7-17-32(34)37)30-15-5-4-14-29(30)26-12-2-1-3-13-26/h1-25,45H,41-42H2. The molecule has 1 N–H and O–H groups in total. The molecule has 0 saturated carbocycles. The highest BCUT2D eigenvalue weighted by Gasteiger charge is 2.26. The molecule has 3 nitrogen and oxygen atoms in total. The van der Waals surface area contributed by atoms with Crippen LogP contribution in [0.2, 0.25) is 0 Å². The van der Waals surface area contributed by atoms with Crippen molar-refractivity contribution < 1.29 is 5.11 Å². The van der Waals surface area contributed by atoms with Crippen molar-refractivity contribution in [2.45, 2.75) is 5.40 Å². The largest absolute Gasteiger partial charge is 0.400 e. The van der Waals surface area contributed by atoms with Crippen molar-refractivity contribution in [3.63, 3.8) is 0 Å². The second-order valence-electron chi connectivity index (χ2n) is 12.1. The third-order valence-corrected chi connectivity index (χ3v) is 8.73. The Balaban J connectivity index is 1.36. The summed E-state index contributed by atoms with van der Waals surface area (Å²) in [6, 6.07) is 53.6. The first kappa shape index (κ1) is 27.2.